The van der Waals surface area contributed by atoms with Gasteiger partial charge in [0, 0.05) is 12.2 Å². The minimum atomic E-state index is -0.617. The number of nitrogens with zero attached hydrogens (tertiary/aromatic N) is 3. The number of aromatic nitrogens is 1. The zero-order valence-electron chi connectivity index (χ0n) is 14.3. The highest BCUT2D eigenvalue weighted by atomic mass is 32.1. The first-order valence-corrected chi connectivity index (χ1v) is 9.25. The summed E-state index contributed by atoms with van der Waals surface area (Å²) in [5.74, 6) is -0.649. The van der Waals surface area contributed by atoms with Crippen LogP contribution < -0.4 is 4.90 Å². The average Bonchev–Trinajstić information content (AvgIpc) is 3.24. The number of likely N-dealkylation sites (tertiary alicyclic amines) is 1. The molecule has 2 amide bonds. The summed E-state index contributed by atoms with van der Waals surface area (Å²) < 4.78 is 19.4. The first-order valence-electron chi connectivity index (χ1n) is 8.37. The van der Waals surface area contributed by atoms with Crippen molar-refractivity contribution in [1.82, 2.24) is 9.88 Å². The number of carbonyl (C=O) groups excluding carboxylic acids is 2. The SMILES string of the molecule is Cc1ncsc1C(=O)N1CCC2(C1)CN(c1cccc(F)c1)C(=O)CO2. The Morgan fingerprint density at radius 2 is 2.23 bits per heavy atom. The number of hydrogen-bond acceptors (Lipinski definition) is 5. The summed E-state index contributed by atoms with van der Waals surface area (Å²) >= 11 is 1.33. The highest BCUT2D eigenvalue weighted by molar-refractivity contribution is 7.11. The van der Waals surface area contributed by atoms with Crippen molar-refractivity contribution in [1.29, 1.82) is 0 Å². The Bertz CT molecular complexity index is 871. The van der Waals surface area contributed by atoms with Crippen molar-refractivity contribution in [3.63, 3.8) is 0 Å². The van der Waals surface area contributed by atoms with E-state index in [1.54, 1.807) is 27.4 Å². The van der Waals surface area contributed by atoms with Gasteiger partial charge in [0.2, 0.25) is 0 Å². The molecule has 2 aromatic rings. The van der Waals surface area contributed by atoms with Crippen LogP contribution in [0.4, 0.5) is 10.1 Å². The van der Waals surface area contributed by atoms with Crippen LogP contribution in [-0.4, -0.2) is 53.5 Å². The van der Waals surface area contributed by atoms with E-state index in [2.05, 4.69) is 4.98 Å². The molecule has 0 N–H and O–H groups in total. The summed E-state index contributed by atoms with van der Waals surface area (Å²) in [5.41, 5.74) is 2.28. The maximum Gasteiger partial charge on any atom is 0.265 e. The second-order valence-electron chi connectivity index (χ2n) is 6.68. The van der Waals surface area contributed by atoms with Gasteiger partial charge in [-0.15, -0.1) is 11.3 Å². The number of halogens is 1. The lowest BCUT2D eigenvalue weighted by Gasteiger charge is -2.40. The fraction of sp³-hybridized carbons (Fsp3) is 0.389. The summed E-state index contributed by atoms with van der Waals surface area (Å²) in [6.07, 6.45) is 0.635. The van der Waals surface area contributed by atoms with E-state index >= 15 is 0 Å². The topological polar surface area (TPSA) is 62.7 Å². The van der Waals surface area contributed by atoms with Gasteiger partial charge >= 0.3 is 0 Å². The van der Waals surface area contributed by atoms with Crippen LogP contribution in [0.15, 0.2) is 29.8 Å². The van der Waals surface area contributed by atoms with Crippen LogP contribution in [0.1, 0.15) is 21.8 Å². The third-order valence-electron chi connectivity index (χ3n) is 4.91. The molecule has 1 aromatic carbocycles. The number of anilines is 1. The van der Waals surface area contributed by atoms with Gasteiger partial charge in [0.15, 0.2) is 0 Å². The van der Waals surface area contributed by atoms with Crippen LogP contribution in [0, 0.1) is 12.7 Å². The first-order chi connectivity index (χ1) is 12.5. The normalized spacial score (nSPS) is 23.1. The molecule has 8 heteroatoms. The van der Waals surface area contributed by atoms with E-state index in [0.717, 1.165) is 5.69 Å². The van der Waals surface area contributed by atoms with Crippen LogP contribution in [-0.2, 0) is 9.53 Å². The minimum absolute atomic E-state index is 0.0559. The number of morpholine rings is 1. The summed E-state index contributed by atoms with van der Waals surface area (Å²) in [4.78, 5) is 33.1. The number of ether oxygens (including phenoxy) is 1. The number of benzene rings is 1. The van der Waals surface area contributed by atoms with Crippen LogP contribution in [0.2, 0.25) is 0 Å². The Morgan fingerprint density at radius 3 is 2.96 bits per heavy atom. The van der Waals surface area contributed by atoms with Gasteiger partial charge in [-0.25, -0.2) is 9.37 Å². The molecule has 2 fully saturated rings. The molecular weight excluding hydrogens is 357 g/mol. The Kier molecular flexibility index (Phi) is 4.24. The molecule has 2 aliphatic rings. The molecule has 1 atom stereocenters. The number of rotatable bonds is 2. The van der Waals surface area contributed by atoms with Gasteiger partial charge in [0.25, 0.3) is 11.8 Å². The predicted octanol–water partition coefficient (Wildman–Crippen LogP) is 2.24. The van der Waals surface area contributed by atoms with E-state index < -0.39 is 5.60 Å². The standard InChI is InChI=1S/C18H18FN3O3S/c1-12-16(26-11-20-12)17(24)21-6-5-18(9-21)10-22(15(23)8-25-18)14-4-2-3-13(19)7-14/h2-4,7,11H,5-6,8-10H2,1H3. The molecule has 2 aliphatic heterocycles. The molecule has 3 heterocycles. The molecular formula is C18H18FN3O3S. The van der Waals surface area contributed by atoms with Gasteiger partial charge in [-0.1, -0.05) is 6.07 Å². The van der Waals surface area contributed by atoms with Crippen LogP contribution in [0.5, 0.6) is 0 Å². The number of hydrogen-bond donors (Lipinski definition) is 0. The second kappa shape index (κ2) is 6.44. The molecule has 2 saturated heterocycles. The van der Waals surface area contributed by atoms with E-state index in [9.17, 15) is 14.0 Å². The van der Waals surface area contributed by atoms with E-state index in [1.165, 1.54) is 23.5 Å². The van der Waals surface area contributed by atoms with Crippen molar-refractivity contribution in [2.45, 2.75) is 18.9 Å². The summed E-state index contributed by atoms with van der Waals surface area (Å²) in [5, 5.41) is 0. The molecule has 1 unspecified atom stereocenters. The molecule has 26 heavy (non-hydrogen) atoms. The van der Waals surface area contributed by atoms with Gasteiger partial charge in [-0.3, -0.25) is 9.59 Å². The summed E-state index contributed by atoms with van der Waals surface area (Å²) in [6, 6.07) is 5.97. The van der Waals surface area contributed by atoms with E-state index in [-0.39, 0.29) is 24.2 Å². The predicted molar refractivity (Wildman–Crippen MR) is 94.8 cm³/mol. The van der Waals surface area contributed by atoms with E-state index in [0.29, 0.717) is 36.6 Å². The molecule has 0 radical (unpaired) electrons. The van der Waals surface area contributed by atoms with Crippen molar-refractivity contribution in [2.24, 2.45) is 0 Å². The summed E-state index contributed by atoms with van der Waals surface area (Å²) in [6.45, 7) is 3.01. The lowest BCUT2D eigenvalue weighted by atomic mass is 10.00. The summed E-state index contributed by atoms with van der Waals surface area (Å²) in [7, 11) is 0. The molecule has 0 bridgehead atoms. The third-order valence-corrected chi connectivity index (χ3v) is 5.83. The van der Waals surface area contributed by atoms with Crippen molar-refractivity contribution in [3.8, 4) is 0 Å². The van der Waals surface area contributed by atoms with Crippen LogP contribution in [0.3, 0.4) is 0 Å². The maximum absolute atomic E-state index is 13.6. The lowest BCUT2D eigenvalue weighted by molar-refractivity contribution is -0.137. The zero-order chi connectivity index (χ0) is 18.3. The smallest absolute Gasteiger partial charge is 0.265 e. The Hall–Kier alpha value is -2.32. The molecule has 1 aromatic heterocycles. The second-order valence-corrected chi connectivity index (χ2v) is 7.53. The Balaban J connectivity index is 1.53. The molecule has 0 aliphatic carbocycles. The first kappa shape index (κ1) is 17.1. The maximum atomic E-state index is 13.6. The number of carbonyl (C=O) groups is 2. The fourth-order valence-corrected chi connectivity index (χ4v) is 4.28. The average molecular weight is 375 g/mol. The quantitative estimate of drug-likeness (QED) is 0.808. The van der Waals surface area contributed by atoms with Gasteiger partial charge in [0.1, 0.15) is 22.9 Å². The van der Waals surface area contributed by atoms with Crippen molar-refractivity contribution >= 4 is 28.8 Å². The van der Waals surface area contributed by atoms with Gasteiger partial charge in [0.05, 0.1) is 24.3 Å². The Labute approximate surface area is 154 Å². The van der Waals surface area contributed by atoms with Gasteiger partial charge in [-0.2, -0.15) is 0 Å². The molecule has 6 nitrogen and oxygen atoms in total. The molecule has 0 saturated carbocycles. The number of aryl methyl sites for hydroxylation is 1. The third kappa shape index (κ3) is 2.99. The highest BCUT2D eigenvalue weighted by Gasteiger charge is 2.47. The molecule has 1 spiro atoms. The van der Waals surface area contributed by atoms with Crippen LogP contribution in [0.25, 0.3) is 0 Å². The van der Waals surface area contributed by atoms with E-state index in [1.807, 2.05) is 6.92 Å². The van der Waals surface area contributed by atoms with Gasteiger partial charge in [-0.05, 0) is 31.5 Å². The fourth-order valence-electron chi connectivity index (χ4n) is 3.51. The minimum Gasteiger partial charge on any atom is -0.361 e. The molecule has 4 rings (SSSR count). The van der Waals surface area contributed by atoms with Crippen molar-refractivity contribution in [2.75, 3.05) is 31.1 Å². The monoisotopic (exact) mass is 375 g/mol. The number of thiazole rings is 1. The van der Waals surface area contributed by atoms with Crippen LogP contribution >= 0.6 is 11.3 Å². The van der Waals surface area contributed by atoms with Crippen molar-refractivity contribution < 1.29 is 18.7 Å². The molecule has 136 valence electrons. The lowest BCUT2D eigenvalue weighted by Crippen LogP contribution is -2.56. The Morgan fingerprint density at radius 1 is 1.38 bits per heavy atom. The zero-order valence-corrected chi connectivity index (χ0v) is 15.1. The highest BCUT2D eigenvalue weighted by Crippen LogP contribution is 2.33. The largest absolute Gasteiger partial charge is 0.361 e. The van der Waals surface area contributed by atoms with Crippen molar-refractivity contribution in [3.05, 3.63) is 46.2 Å². The number of amides is 2. The van der Waals surface area contributed by atoms with Gasteiger partial charge < -0.3 is 14.5 Å². The van der Waals surface area contributed by atoms with E-state index in [4.69, 9.17) is 4.74 Å².